The zero-order valence-corrected chi connectivity index (χ0v) is 18.9. The minimum Gasteiger partial charge on any atom is -0.462 e. The van der Waals surface area contributed by atoms with Crippen molar-refractivity contribution in [3.8, 4) is 0 Å². The smallest absolute Gasteiger partial charge is 0.262 e. The number of aliphatic imine (C=N–C) groups is 1. The summed E-state index contributed by atoms with van der Waals surface area (Å²) in [5.74, 6) is 1.09. The van der Waals surface area contributed by atoms with Gasteiger partial charge in [-0.25, -0.2) is 4.99 Å². The first-order valence-electron chi connectivity index (χ1n) is 11.7. The fourth-order valence-electron chi connectivity index (χ4n) is 5.07. The second kappa shape index (κ2) is 8.37. The third-order valence-corrected chi connectivity index (χ3v) is 6.91. The maximum atomic E-state index is 13.2. The van der Waals surface area contributed by atoms with E-state index >= 15 is 0 Å². The van der Waals surface area contributed by atoms with Gasteiger partial charge in [-0.15, -0.1) is 0 Å². The molecule has 0 aromatic heterocycles. The minimum absolute atomic E-state index is 0.130. The van der Waals surface area contributed by atoms with Gasteiger partial charge in [0.05, 0.1) is 11.9 Å². The summed E-state index contributed by atoms with van der Waals surface area (Å²) in [7, 11) is 0. The van der Waals surface area contributed by atoms with Gasteiger partial charge < -0.3 is 15.4 Å². The van der Waals surface area contributed by atoms with Crippen LogP contribution < -0.4 is 5.73 Å². The Hall–Kier alpha value is -4.06. The topological polar surface area (TPSA) is 71.2 Å². The van der Waals surface area contributed by atoms with Crippen molar-refractivity contribution in [2.45, 2.75) is 38.3 Å². The quantitative estimate of drug-likeness (QED) is 0.737. The summed E-state index contributed by atoms with van der Waals surface area (Å²) in [6.07, 6.45) is 14.9. The molecular weight excluding hydrogens is 424 g/mol. The number of fused-ring (bicyclic) bond motifs is 2. The third kappa shape index (κ3) is 3.71. The van der Waals surface area contributed by atoms with Crippen LogP contribution in [0.25, 0.3) is 0 Å². The lowest BCUT2D eigenvalue weighted by atomic mass is 10.0. The molecular formula is C28H26N4O2. The van der Waals surface area contributed by atoms with Crippen LogP contribution in [0.3, 0.4) is 0 Å². The van der Waals surface area contributed by atoms with Crippen LogP contribution in [0.5, 0.6) is 0 Å². The van der Waals surface area contributed by atoms with Crippen molar-refractivity contribution in [3.05, 3.63) is 113 Å². The first-order chi connectivity index (χ1) is 16.7. The molecule has 0 saturated heterocycles. The van der Waals surface area contributed by atoms with E-state index in [4.69, 9.17) is 10.5 Å². The Morgan fingerprint density at radius 1 is 1.09 bits per heavy atom. The Labute approximate surface area is 199 Å². The molecule has 0 fully saturated rings. The monoisotopic (exact) mass is 450 g/mol. The Balaban J connectivity index is 1.21. The normalized spacial score (nSPS) is 19.1. The molecule has 0 bridgehead atoms. The number of allylic oxidation sites excluding steroid dienone is 4. The van der Waals surface area contributed by atoms with Gasteiger partial charge in [-0.2, -0.15) is 0 Å². The van der Waals surface area contributed by atoms with E-state index in [0.717, 1.165) is 42.5 Å². The van der Waals surface area contributed by atoms with E-state index in [1.807, 2.05) is 30.4 Å². The van der Waals surface area contributed by atoms with Crippen molar-refractivity contribution < 1.29 is 9.53 Å². The highest BCUT2D eigenvalue weighted by atomic mass is 16.5. The highest BCUT2D eigenvalue weighted by molar-refractivity contribution is 5.97. The maximum absolute atomic E-state index is 13.2. The Morgan fingerprint density at radius 3 is 2.68 bits per heavy atom. The largest absolute Gasteiger partial charge is 0.462 e. The fourth-order valence-corrected chi connectivity index (χ4v) is 5.07. The third-order valence-electron chi connectivity index (χ3n) is 6.91. The van der Waals surface area contributed by atoms with Crippen molar-refractivity contribution in [2.75, 3.05) is 0 Å². The molecule has 0 spiro atoms. The van der Waals surface area contributed by atoms with Crippen LogP contribution in [-0.2, 0) is 24.1 Å². The highest BCUT2D eigenvalue weighted by Gasteiger charge is 2.31. The Kier molecular flexibility index (Phi) is 5.06. The van der Waals surface area contributed by atoms with E-state index in [1.165, 1.54) is 11.1 Å². The predicted octanol–water partition coefficient (Wildman–Crippen LogP) is 4.68. The number of carbonyl (C=O) groups is 1. The number of nitrogens with two attached hydrogens (primary N) is 1. The van der Waals surface area contributed by atoms with Crippen LogP contribution in [0, 0.1) is 0 Å². The molecule has 0 atom stereocenters. The molecule has 0 saturated carbocycles. The number of guanidine groups is 1. The van der Waals surface area contributed by atoms with E-state index in [-0.39, 0.29) is 5.91 Å². The maximum Gasteiger partial charge on any atom is 0.262 e. The number of nitrogens with zero attached hydrogens (tertiary/aromatic N) is 3. The summed E-state index contributed by atoms with van der Waals surface area (Å²) < 4.78 is 5.66. The summed E-state index contributed by atoms with van der Waals surface area (Å²) in [4.78, 5) is 21.7. The molecule has 2 aromatic carbocycles. The number of rotatable bonds is 3. The van der Waals surface area contributed by atoms with Gasteiger partial charge >= 0.3 is 0 Å². The highest BCUT2D eigenvalue weighted by Crippen LogP contribution is 2.33. The summed E-state index contributed by atoms with van der Waals surface area (Å²) in [5, 5.41) is 0. The lowest BCUT2D eigenvalue weighted by molar-refractivity contribution is 0.0855. The van der Waals surface area contributed by atoms with E-state index in [0.29, 0.717) is 29.9 Å². The van der Waals surface area contributed by atoms with Crippen molar-refractivity contribution >= 4 is 17.6 Å². The van der Waals surface area contributed by atoms with Gasteiger partial charge in [-0.1, -0.05) is 48.6 Å². The summed E-state index contributed by atoms with van der Waals surface area (Å²) >= 11 is 0. The van der Waals surface area contributed by atoms with E-state index in [2.05, 4.69) is 40.2 Å². The first-order valence-corrected chi connectivity index (χ1v) is 11.7. The van der Waals surface area contributed by atoms with Gasteiger partial charge in [-0.05, 0) is 60.1 Å². The number of hydrogen-bond donors (Lipinski definition) is 1. The van der Waals surface area contributed by atoms with Gasteiger partial charge in [0, 0.05) is 24.4 Å². The second-order valence-corrected chi connectivity index (χ2v) is 9.04. The van der Waals surface area contributed by atoms with Crippen molar-refractivity contribution in [1.82, 2.24) is 9.80 Å². The van der Waals surface area contributed by atoms with Crippen molar-refractivity contribution in [2.24, 2.45) is 10.7 Å². The predicted molar refractivity (Wildman–Crippen MR) is 132 cm³/mol. The van der Waals surface area contributed by atoms with E-state index in [1.54, 1.807) is 23.6 Å². The van der Waals surface area contributed by atoms with Crippen molar-refractivity contribution in [1.29, 1.82) is 0 Å². The van der Waals surface area contributed by atoms with Crippen LogP contribution in [0.2, 0.25) is 0 Å². The van der Waals surface area contributed by atoms with Crippen LogP contribution in [-0.4, -0.2) is 27.7 Å². The Morgan fingerprint density at radius 2 is 1.91 bits per heavy atom. The molecule has 1 amide bonds. The summed E-state index contributed by atoms with van der Waals surface area (Å²) in [6, 6.07) is 14.6. The molecule has 4 aliphatic rings. The summed E-state index contributed by atoms with van der Waals surface area (Å²) in [6.45, 7) is 0.695. The lowest BCUT2D eigenvalue weighted by Gasteiger charge is -2.33. The molecule has 6 heteroatoms. The minimum atomic E-state index is -0.130. The molecule has 170 valence electrons. The Bertz CT molecular complexity index is 1290. The number of amides is 1. The number of hydrogen-bond acceptors (Lipinski definition) is 5. The second-order valence-electron chi connectivity index (χ2n) is 9.04. The van der Waals surface area contributed by atoms with Gasteiger partial charge in [0.2, 0.25) is 0 Å². The first kappa shape index (κ1) is 20.5. The molecule has 6 rings (SSSR count). The molecule has 0 unspecified atom stereocenters. The number of benzene rings is 2. The molecule has 34 heavy (non-hydrogen) atoms. The zero-order valence-electron chi connectivity index (χ0n) is 18.9. The van der Waals surface area contributed by atoms with Gasteiger partial charge in [0.25, 0.3) is 5.91 Å². The molecule has 2 N–H and O–H groups in total. The SMILES string of the molecule is NC1=Nc2cc(C(=O)N3C=COC(C4=CC=CCC4)=C3)ccc2CN1C1Cc2ccccc2C1. The average molecular weight is 451 g/mol. The molecule has 2 aromatic rings. The van der Waals surface area contributed by atoms with Crippen LogP contribution >= 0.6 is 0 Å². The van der Waals surface area contributed by atoms with Gasteiger partial charge in [0.1, 0.15) is 12.0 Å². The lowest BCUT2D eigenvalue weighted by Crippen LogP contribution is -2.46. The molecule has 2 heterocycles. The van der Waals surface area contributed by atoms with Crippen LogP contribution in [0.1, 0.15) is 39.9 Å². The molecule has 2 aliphatic carbocycles. The van der Waals surface area contributed by atoms with E-state index in [9.17, 15) is 4.79 Å². The molecule has 2 aliphatic heterocycles. The van der Waals surface area contributed by atoms with Gasteiger partial charge in [-0.3, -0.25) is 9.69 Å². The van der Waals surface area contributed by atoms with Gasteiger partial charge in [0.15, 0.2) is 5.96 Å². The fraction of sp³-hybridized carbons (Fsp3) is 0.214. The molecule has 6 nitrogen and oxygen atoms in total. The van der Waals surface area contributed by atoms with Crippen LogP contribution in [0.15, 0.2) is 95.7 Å². The van der Waals surface area contributed by atoms with E-state index < -0.39 is 0 Å². The standard InChI is InChI=1S/C28H26N4O2/c29-28-30-25-16-22(27(33)31-12-13-34-26(18-31)19-6-2-1-3-7-19)10-11-23(25)17-32(28)24-14-20-8-4-5-9-21(20)15-24/h1-2,4-6,8-13,16,18,24H,3,7,14-15,17H2,(H2,29,30). The molecule has 0 radical (unpaired) electrons. The van der Waals surface area contributed by atoms with Crippen molar-refractivity contribution in [3.63, 3.8) is 0 Å². The average Bonchev–Trinajstić information content (AvgIpc) is 3.32. The number of ether oxygens (including phenoxy) is 1. The van der Waals surface area contributed by atoms with Crippen LogP contribution in [0.4, 0.5) is 5.69 Å². The summed E-state index contributed by atoms with van der Waals surface area (Å²) in [5.41, 5.74) is 12.7. The zero-order chi connectivity index (χ0) is 23.1. The number of carbonyl (C=O) groups excluding carboxylic acids is 1.